The second-order valence-electron chi connectivity index (χ2n) is 7.01. The van der Waals surface area contributed by atoms with E-state index in [0.29, 0.717) is 5.02 Å². The van der Waals surface area contributed by atoms with E-state index in [-0.39, 0.29) is 25.6 Å². The van der Waals surface area contributed by atoms with E-state index in [4.69, 9.17) is 11.6 Å². The number of aromatic nitrogens is 3. The Bertz CT molecular complexity index is 1090. The molecule has 3 rings (SSSR count). The van der Waals surface area contributed by atoms with Crippen LogP contribution in [0.2, 0.25) is 5.02 Å². The van der Waals surface area contributed by atoms with E-state index in [1.54, 1.807) is 12.1 Å². The zero-order valence-electron chi connectivity index (χ0n) is 16.8. The van der Waals surface area contributed by atoms with Gasteiger partial charge >= 0.3 is 11.4 Å². The van der Waals surface area contributed by atoms with Crippen molar-refractivity contribution in [3.63, 3.8) is 0 Å². The first-order valence-corrected chi connectivity index (χ1v) is 10.3. The topological polar surface area (TPSA) is 89.2 Å². The molecule has 1 aromatic heterocycles. The molecule has 0 spiro atoms. The van der Waals surface area contributed by atoms with Crippen LogP contribution in [0.5, 0.6) is 0 Å². The molecule has 1 heterocycles. The van der Waals surface area contributed by atoms with Crippen LogP contribution in [0.15, 0.2) is 58.1 Å². The summed E-state index contributed by atoms with van der Waals surface area (Å²) in [7, 11) is 0. The Morgan fingerprint density at radius 3 is 2.30 bits per heavy atom. The van der Waals surface area contributed by atoms with E-state index in [9.17, 15) is 14.7 Å². The van der Waals surface area contributed by atoms with Gasteiger partial charge in [-0.3, -0.25) is 4.57 Å². The van der Waals surface area contributed by atoms with Crippen molar-refractivity contribution in [3.8, 4) is 0 Å². The normalized spacial score (nSPS) is 10.9. The van der Waals surface area contributed by atoms with Gasteiger partial charge < -0.3 is 10.4 Å². The molecule has 0 radical (unpaired) electrons. The summed E-state index contributed by atoms with van der Waals surface area (Å²) in [6.45, 7) is 1.91. The lowest BCUT2D eigenvalue weighted by Gasteiger charge is -2.15. The van der Waals surface area contributed by atoms with Crippen LogP contribution in [0.3, 0.4) is 0 Å². The average Bonchev–Trinajstić information content (AvgIpc) is 2.75. The molecule has 0 aliphatic heterocycles. The average molecular weight is 429 g/mol. The van der Waals surface area contributed by atoms with Crippen LogP contribution in [-0.2, 0) is 19.5 Å². The van der Waals surface area contributed by atoms with Crippen LogP contribution >= 0.6 is 11.6 Å². The summed E-state index contributed by atoms with van der Waals surface area (Å²) in [5, 5.41) is 12.9. The quantitative estimate of drug-likeness (QED) is 0.546. The fourth-order valence-corrected chi connectivity index (χ4v) is 3.22. The summed E-state index contributed by atoms with van der Waals surface area (Å²) < 4.78 is 2.31. The third-order valence-electron chi connectivity index (χ3n) is 4.76. The minimum Gasteiger partial charge on any atom is -0.395 e. The minimum atomic E-state index is -0.705. The zero-order chi connectivity index (χ0) is 21.5. The molecule has 0 aliphatic rings. The van der Waals surface area contributed by atoms with Crippen molar-refractivity contribution < 1.29 is 5.11 Å². The Morgan fingerprint density at radius 1 is 1.00 bits per heavy atom. The van der Waals surface area contributed by atoms with Crippen molar-refractivity contribution in [2.45, 2.75) is 39.3 Å². The standard InChI is InChI=1S/C22H25ClN4O3/c1-2-3-4-16-7-11-19(12-8-16)24-20-25-21(29)26(13-14-28)22(30)27(20)15-17-5-9-18(23)10-6-17/h5-12,28H,2-4,13-15H2,1H3,(H,24,25,29). The van der Waals surface area contributed by atoms with Gasteiger partial charge in [-0.15, -0.1) is 0 Å². The Hall–Kier alpha value is -2.90. The predicted octanol–water partition coefficient (Wildman–Crippen LogP) is 3.19. The van der Waals surface area contributed by atoms with Gasteiger partial charge in [0.25, 0.3) is 0 Å². The van der Waals surface area contributed by atoms with E-state index >= 15 is 0 Å². The maximum atomic E-state index is 12.9. The third-order valence-corrected chi connectivity index (χ3v) is 5.01. The molecule has 3 aromatic rings. The maximum Gasteiger partial charge on any atom is 0.355 e. The molecule has 0 amide bonds. The SMILES string of the molecule is CCCCc1ccc(Nc2nc(=O)n(CCO)c(=O)n2Cc2ccc(Cl)cc2)cc1. The number of rotatable bonds is 9. The van der Waals surface area contributed by atoms with Gasteiger partial charge in [-0.25, -0.2) is 14.2 Å². The van der Waals surface area contributed by atoms with E-state index < -0.39 is 11.4 Å². The lowest BCUT2D eigenvalue weighted by molar-refractivity contribution is 0.268. The number of unbranched alkanes of at least 4 members (excludes halogenated alkanes) is 1. The summed E-state index contributed by atoms with van der Waals surface area (Å²) in [5.74, 6) is 0.149. The number of hydrogen-bond donors (Lipinski definition) is 2. The Kier molecular flexibility index (Phi) is 7.43. The smallest absolute Gasteiger partial charge is 0.355 e. The monoisotopic (exact) mass is 428 g/mol. The summed E-state index contributed by atoms with van der Waals surface area (Å²) in [4.78, 5) is 29.3. The molecule has 7 nitrogen and oxygen atoms in total. The van der Waals surface area contributed by atoms with Crippen LogP contribution in [0.4, 0.5) is 11.6 Å². The molecule has 2 N–H and O–H groups in total. The van der Waals surface area contributed by atoms with E-state index in [1.165, 1.54) is 10.1 Å². The number of aliphatic hydroxyl groups excluding tert-OH is 1. The summed E-state index contributed by atoms with van der Waals surface area (Å²) in [6, 6.07) is 14.9. The molecule has 0 unspecified atom stereocenters. The van der Waals surface area contributed by atoms with Gasteiger partial charge in [0.15, 0.2) is 0 Å². The highest BCUT2D eigenvalue weighted by molar-refractivity contribution is 6.30. The van der Waals surface area contributed by atoms with Crippen LogP contribution in [0.25, 0.3) is 0 Å². The maximum absolute atomic E-state index is 12.9. The van der Waals surface area contributed by atoms with Crippen molar-refractivity contribution in [1.29, 1.82) is 0 Å². The molecule has 0 fully saturated rings. The van der Waals surface area contributed by atoms with Crippen LogP contribution < -0.4 is 16.7 Å². The third kappa shape index (κ3) is 5.37. The first-order chi connectivity index (χ1) is 14.5. The van der Waals surface area contributed by atoms with Crippen LogP contribution in [0, 0.1) is 0 Å². The van der Waals surface area contributed by atoms with Crippen molar-refractivity contribution in [2.75, 3.05) is 11.9 Å². The molecular weight excluding hydrogens is 404 g/mol. The minimum absolute atomic E-state index is 0.113. The number of halogens is 1. The fourth-order valence-electron chi connectivity index (χ4n) is 3.10. The number of benzene rings is 2. The Morgan fingerprint density at radius 2 is 1.67 bits per heavy atom. The molecular formula is C22H25ClN4O3. The van der Waals surface area contributed by atoms with Gasteiger partial charge in [-0.2, -0.15) is 4.98 Å². The van der Waals surface area contributed by atoms with Gasteiger partial charge in [0.05, 0.1) is 19.7 Å². The molecule has 0 aliphatic carbocycles. The molecule has 0 saturated heterocycles. The van der Waals surface area contributed by atoms with Crippen molar-refractivity contribution in [2.24, 2.45) is 0 Å². The number of nitrogens with one attached hydrogen (secondary N) is 1. The fraction of sp³-hybridized carbons (Fsp3) is 0.318. The van der Waals surface area contributed by atoms with E-state index in [0.717, 1.165) is 35.1 Å². The van der Waals surface area contributed by atoms with E-state index in [1.807, 2.05) is 36.4 Å². The van der Waals surface area contributed by atoms with Crippen molar-refractivity contribution in [3.05, 3.63) is 85.6 Å². The molecule has 158 valence electrons. The Balaban J connectivity index is 1.96. The number of hydrogen-bond acceptors (Lipinski definition) is 5. The number of anilines is 2. The molecule has 2 aromatic carbocycles. The van der Waals surface area contributed by atoms with Gasteiger partial charge in [0, 0.05) is 10.7 Å². The number of aryl methyl sites for hydroxylation is 1. The highest BCUT2D eigenvalue weighted by Crippen LogP contribution is 2.17. The van der Waals surface area contributed by atoms with E-state index in [2.05, 4.69) is 17.2 Å². The lowest BCUT2D eigenvalue weighted by atomic mass is 10.1. The number of aliphatic hydroxyl groups is 1. The first-order valence-electron chi connectivity index (χ1n) is 9.94. The number of nitrogens with zero attached hydrogens (tertiary/aromatic N) is 3. The highest BCUT2D eigenvalue weighted by atomic mass is 35.5. The molecule has 0 bridgehead atoms. The summed E-state index contributed by atoms with van der Waals surface area (Å²) in [5.41, 5.74) is 1.54. The highest BCUT2D eigenvalue weighted by Gasteiger charge is 2.14. The predicted molar refractivity (Wildman–Crippen MR) is 119 cm³/mol. The first kappa shape index (κ1) is 21.8. The summed E-state index contributed by atoms with van der Waals surface area (Å²) in [6.07, 6.45) is 3.26. The molecule has 0 saturated carbocycles. The van der Waals surface area contributed by atoms with Gasteiger partial charge in [-0.1, -0.05) is 49.2 Å². The zero-order valence-corrected chi connectivity index (χ0v) is 17.6. The Labute approximate surface area is 179 Å². The second kappa shape index (κ2) is 10.2. The van der Waals surface area contributed by atoms with Crippen molar-refractivity contribution in [1.82, 2.24) is 14.1 Å². The molecule has 0 atom stereocenters. The summed E-state index contributed by atoms with van der Waals surface area (Å²) >= 11 is 5.95. The van der Waals surface area contributed by atoms with Gasteiger partial charge in [0.2, 0.25) is 5.95 Å². The van der Waals surface area contributed by atoms with Crippen LogP contribution in [0.1, 0.15) is 30.9 Å². The van der Waals surface area contributed by atoms with Crippen molar-refractivity contribution >= 4 is 23.2 Å². The van der Waals surface area contributed by atoms with Gasteiger partial charge in [0.1, 0.15) is 0 Å². The molecule has 30 heavy (non-hydrogen) atoms. The van der Waals surface area contributed by atoms with Crippen LogP contribution in [-0.4, -0.2) is 25.8 Å². The molecule has 8 heteroatoms. The lowest BCUT2D eigenvalue weighted by Crippen LogP contribution is -2.43. The second-order valence-corrected chi connectivity index (χ2v) is 7.45. The largest absolute Gasteiger partial charge is 0.395 e. The van der Waals surface area contributed by atoms with Gasteiger partial charge in [-0.05, 0) is 48.2 Å².